The third kappa shape index (κ3) is 5.21. The van der Waals surface area contributed by atoms with Gasteiger partial charge in [-0.25, -0.2) is 22.9 Å². The summed E-state index contributed by atoms with van der Waals surface area (Å²) in [5, 5.41) is 11.9. The molecule has 0 aliphatic carbocycles. The highest BCUT2D eigenvalue weighted by Crippen LogP contribution is 2.25. The third-order valence-electron chi connectivity index (χ3n) is 4.53. The van der Waals surface area contributed by atoms with E-state index in [1.54, 1.807) is 30.3 Å². The standard InChI is InChI=1S/C22H19FN6O2S/c1-2-4-16-10-15-11-18(7-8-20(15)26-16)27-21-19(23)12-25-22(29-21)28-17-6-3-5-14(9-17)13-32(24,30)31/h1,3,5-12,26H,4,13H2,(H2,24,30,31)(H2,25,27,28,29). The fraction of sp³-hybridized carbons (Fsp3) is 0.0909. The van der Waals surface area contributed by atoms with Crippen molar-refractivity contribution in [2.45, 2.75) is 12.2 Å². The fourth-order valence-electron chi connectivity index (χ4n) is 3.23. The minimum atomic E-state index is -3.66. The van der Waals surface area contributed by atoms with Crippen molar-refractivity contribution in [3.63, 3.8) is 0 Å². The maximum Gasteiger partial charge on any atom is 0.229 e. The van der Waals surface area contributed by atoms with E-state index in [0.717, 1.165) is 22.8 Å². The zero-order chi connectivity index (χ0) is 22.7. The monoisotopic (exact) mass is 450 g/mol. The van der Waals surface area contributed by atoms with Gasteiger partial charge >= 0.3 is 0 Å². The maximum atomic E-state index is 14.3. The second-order valence-corrected chi connectivity index (χ2v) is 8.74. The molecule has 162 valence electrons. The summed E-state index contributed by atoms with van der Waals surface area (Å²) in [6, 6.07) is 14.1. The van der Waals surface area contributed by atoms with Gasteiger partial charge in [-0.3, -0.25) is 0 Å². The highest BCUT2D eigenvalue weighted by Gasteiger charge is 2.10. The lowest BCUT2D eigenvalue weighted by atomic mass is 10.2. The van der Waals surface area contributed by atoms with Gasteiger partial charge in [-0.2, -0.15) is 4.98 Å². The molecule has 0 unspecified atom stereocenters. The van der Waals surface area contributed by atoms with Crippen molar-refractivity contribution < 1.29 is 12.8 Å². The largest absolute Gasteiger partial charge is 0.358 e. The van der Waals surface area contributed by atoms with E-state index in [0.29, 0.717) is 23.4 Å². The van der Waals surface area contributed by atoms with Crippen LogP contribution in [-0.2, 0) is 22.2 Å². The van der Waals surface area contributed by atoms with E-state index in [2.05, 4.69) is 31.5 Å². The molecule has 0 spiro atoms. The molecule has 5 N–H and O–H groups in total. The number of H-pyrrole nitrogens is 1. The zero-order valence-corrected chi connectivity index (χ0v) is 17.6. The van der Waals surface area contributed by atoms with Gasteiger partial charge in [0.1, 0.15) is 0 Å². The smallest absolute Gasteiger partial charge is 0.229 e. The van der Waals surface area contributed by atoms with Gasteiger partial charge in [0.15, 0.2) is 11.6 Å². The summed E-state index contributed by atoms with van der Waals surface area (Å²) in [5.74, 6) is 1.79. The number of aromatic nitrogens is 3. The molecule has 0 amide bonds. The third-order valence-corrected chi connectivity index (χ3v) is 5.26. The van der Waals surface area contributed by atoms with E-state index in [4.69, 9.17) is 11.6 Å². The molecule has 32 heavy (non-hydrogen) atoms. The number of anilines is 4. The Bertz CT molecular complexity index is 1440. The molecule has 8 nitrogen and oxygen atoms in total. The number of aromatic amines is 1. The summed E-state index contributed by atoms with van der Waals surface area (Å²) in [4.78, 5) is 11.4. The lowest BCUT2D eigenvalue weighted by molar-refractivity contribution is 0.597. The van der Waals surface area contributed by atoms with Crippen molar-refractivity contribution in [2.75, 3.05) is 10.6 Å². The number of terminal acetylenes is 1. The fourth-order valence-corrected chi connectivity index (χ4v) is 3.87. The van der Waals surface area contributed by atoms with Crippen molar-refractivity contribution >= 4 is 44.1 Å². The minimum absolute atomic E-state index is 0.0121. The number of benzene rings is 2. The van der Waals surface area contributed by atoms with Gasteiger partial charge in [0.25, 0.3) is 0 Å². The molecular formula is C22H19FN6O2S. The Morgan fingerprint density at radius 3 is 2.72 bits per heavy atom. The Kier molecular flexibility index (Phi) is 5.77. The van der Waals surface area contributed by atoms with Crippen LogP contribution in [0.4, 0.5) is 27.5 Å². The van der Waals surface area contributed by atoms with Gasteiger partial charge in [0, 0.05) is 34.4 Å². The Balaban J connectivity index is 1.55. The Labute approximate surface area is 184 Å². The first kappa shape index (κ1) is 21.3. The highest BCUT2D eigenvalue weighted by atomic mass is 32.2. The van der Waals surface area contributed by atoms with E-state index < -0.39 is 15.8 Å². The Morgan fingerprint density at radius 1 is 1.12 bits per heavy atom. The topological polar surface area (TPSA) is 126 Å². The number of rotatable bonds is 7. The molecule has 4 rings (SSSR count). The predicted molar refractivity (Wildman–Crippen MR) is 123 cm³/mol. The number of halogens is 1. The minimum Gasteiger partial charge on any atom is -0.358 e. The number of nitrogens with one attached hydrogen (secondary N) is 3. The van der Waals surface area contributed by atoms with Gasteiger partial charge < -0.3 is 15.6 Å². The molecule has 2 aromatic carbocycles. The predicted octanol–water partition coefficient (Wildman–Crippen LogP) is 3.55. The summed E-state index contributed by atoms with van der Waals surface area (Å²) in [6.45, 7) is 0. The normalized spacial score (nSPS) is 11.3. The first-order valence-corrected chi connectivity index (χ1v) is 11.2. The molecule has 0 radical (unpaired) electrons. The average molecular weight is 450 g/mol. The number of nitrogens with two attached hydrogens (primary N) is 1. The van der Waals surface area contributed by atoms with E-state index in [9.17, 15) is 12.8 Å². The summed E-state index contributed by atoms with van der Waals surface area (Å²) < 4.78 is 37.0. The summed E-state index contributed by atoms with van der Waals surface area (Å²) in [7, 11) is -3.66. The number of fused-ring (bicyclic) bond motifs is 1. The van der Waals surface area contributed by atoms with Crippen molar-refractivity contribution in [1.29, 1.82) is 0 Å². The molecule has 0 atom stereocenters. The number of primary sulfonamides is 1. The first-order valence-electron chi connectivity index (χ1n) is 9.50. The molecule has 0 aliphatic rings. The highest BCUT2D eigenvalue weighted by molar-refractivity contribution is 7.88. The van der Waals surface area contributed by atoms with Gasteiger partial charge in [-0.1, -0.05) is 12.1 Å². The van der Waals surface area contributed by atoms with Crippen LogP contribution in [0, 0.1) is 18.2 Å². The number of sulfonamides is 1. The van der Waals surface area contributed by atoms with Crippen molar-refractivity contribution in [3.8, 4) is 12.3 Å². The second kappa shape index (κ2) is 8.66. The Morgan fingerprint density at radius 2 is 1.94 bits per heavy atom. The molecule has 0 aliphatic heterocycles. The van der Waals surface area contributed by atoms with Crippen molar-refractivity contribution in [3.05, 3.63) is 71.8 Å². The lowest BCUT2D eigenvalue weighted by Crippen LogP contribution is -2.14. The number of hydrogen-bond donors (Lipinski definition) is 4. The number of nitrogens with zero attached hydrogens (tertiary/aromatic N) is 2. The van der Waals surface area contributed by atoms with Crippen LogP contribution in [0.1, 0.15) is 11.3 Å². The quantitative estimate of drug-likeness (QED) is 0.319. The van der Waals surface area contributed by atoms with Gasteiger partial charge in [0.2, 0.25) is 16.0 Å². The van der Waals surface area contributed by atoms with Crippen molar-refractivity contribution in [1.82, 2.24) is 15.0 Å². The molecule has 10 heteroatoms. The molecule has 2 heterocycles. The van der Waals surface area contributed by atoms with E-state index in [1.807, 2.05) is 18.2 Å². The van der Waals surface area contributed by atoms with Crippen LogP contribution in [-0.4, -0.2) is 23.4 Å². The van der Waals surface area contributed by atoms with Crippen LogP contribution in [0.2, 0.25) is 0 Å². The first-order chi connectivity index (χ1) is 15.3. The Hall–Kier alpha value is -3.94. The van der Waals surface area contributed by atoms with Crippen LogP contribution in [0.3, 0.4) is 0 Å². The molecular weight excluding hydrogens is 431 g/mol. The zero-order valence-electron chi connectivity index (χ0n) is 16.8. The van der Waals surface area contributed by atoms with Crippen LogP contribution in [0.25, 0.3) is 10.9 Å². The van der Waals surface area contributed by atoms with Gasteiger partial charge in [-0.05, 0) is 42.0 Å². The molecule has 0 saturated heterocycles. The molecule has 2 aromatic heterocycles. The summed E-state index contributed by atoms with van der Waals surface area (Å²) in [6.07, 6.45) is 6.90. The van der Waals surface area contributed by atoms with E-state index in [-0.39, 0.29) is 17.5 Å². The molecule has 4 aromatic rings. The van der Waals surface area contributed by atoms with Crippen molar-refractivity contribution in [2.24, 2.45) is 5.14 Å². The second-order valence-electron chi connectivity index (χ2n) is 7.13. The van der Waals surface area contributed by atoms with Crippen LogP contribution in [0.15, 0.2) is 54.7 Å². The summed E-state index contributed by atoms with van der Waals surface area (Å²) in [5.41, 5.74) is 3.53. The van der Waals surface area contributed by atoms with Crippen LogP contribution in [0.5, 0.6) is 0 Å². The van der Waals surface area contributed by atoms with Gasteiger partial charge in [0.05, 0.1) is 11.9 Å². The molecule has 0 saturated carbocycles. The van der Waals surface area contributed by atoms with E-state index in [1.165, 1.54) is 0 Å². The van der Waals surface area contributed by atoms with Gasteiger partial charge in [-0.15, -0.1) is 12.3 Å². The molecule has 0 fully saturated rings. The lowest BCUT2D eigenvalue weighted by Gasteiger charge is -2.10. The SMILES string of the molecule is C#CCc1cc2cc(Nc3nc(Nc4cccc(CS(N)(=O)=O)c4)ncc3F)ccc2[nH]1. The summed E-state index contributed by atoms with van der Waals surface area (Å²) >= 11 is 0. The maximum absolute atomic E-state index is 14.3. The van der Waals surface area contributed by atoms with E-state index >= 15 is 0 Å². The van der Waals surface area contributed by atoms with Crippen LogP contribution >= 0.6 is 0 Å². The molecule has 0 bridgehead atoms. The average Bonchev–Trinajstić information content (AvgIpc) is 3.11. The van der Waals surface area contributed by atoms with Crippen LogP contribution < -0.4 is 15.8 Å². The number of hydrogen-bond acceptors (Lipinski definition) is 6.